The van der Waals surface area contributed by atoms with E-state index >= 15 is 0 Å². The summed E-state index contributed by atoms with van der Waals surface area (Å²) in [6.45, 7) is 0. The summed E-state index contributed by atoms with van der Waals surface area (Å²) in [5.74, 6) is 0.716. The number of hydrogen-bond acceptors (Lipinski definition) is 5. The van der Waals surface area contributed by atoms with Crippen molar-refractivity contribution in [1.82, 2.24) is 4.98 Å². The van der Waals surface area contributed by atoms with E-state index in [0.29, 0.717) is 15.3 Å². The summed E-state index contributed by atoms with van der Waals surface area (Å²) in [4.78, 5) is 14.4. The van der Waals surface area contributed by atoms with Crippen molar-refractivity contribution in [1.29, 1.82) is 0 Å². The van der Waals surface area contributed by atoms with Gasteiger partial charge < -0.3 is 10.1 Å². The van der Waals surface area contributed by atoms with Gasteiger partial charge in [0.25, 0.3) is 5.69 Å². The number of halogens is 3. The van der Waals surface area contributed by atoms with Crippen LogP contribution >= 0.6 is 39.1 Å². The first-order chi connectivity index (χ1) is 9.90. The number of benzene rings is 1. The molecule has 0 unspecified atom stereocenters. The van der Waals surface area contributed by atoms with Gasteiger partial charge in [0.15, 0.2) is 0 Å². The minimum Gasteiger partial charge on any atom is -0.437 e. The highest BCUT2D eigenvalue weighted by molar-refractivity contribution is 9.10. The van der Waals surface area contributed by atoms with E-state index in [9.17, 15) is 10.1 Å². The lowest BCUT2D eigenvalue weighted by Crippen LogP contribution is -1.97. The molecule has 0 fully saturated rings. The zero-order valence-electron chi connectivity index (χ0n) is 10.6. The molecule has 0 radical (unpaired) electrons. The van der Waals surface area contributed by atoms with E-state index in [0.717, 1.165) is 0 Å². The van der Waals surface area contributed by atoms with Crippen molar-refractivity contribution >= 4 is 50.6 Å². The van der Waals surface area contributed by atoms with Gasteiger partial charge in [0.1, 0.15) is 16.6 Å². The molecule has 0 bridgehead atoms. The Morgan fingerprint density at radius 1 is 1.29 bits per heavy atom. The fourth-order valence-corrected chi connectivity index (χ4v) is 2.47. The molecule has 110 valence electrons. The molecule has 0 aliphatic heterocycles. The highest BCUT2D eigenvalue weighted by atomic mass is 79.9. The van der Waals surface area contributed by atoms with Gasteiger partial charge in [-0.05, 0) is 12.1 Å². The maximum Gasteiger partial charge on any atom is 0.274 e. The van der Waals surface area contributed by atoms with E-state index in [1.54, 1.807) is 13.1 Å². The number of non-ortho nitro benzene ring substituents is 1. The predicted octanol–water partition coefficient (Wildman–Crippen LogP) is 4.89. The van der Waals surface area contributed by atoms with Crippen LogP contribution in [0.15, 0.2) is 28.7 Å². The Balaban J connectivity index is 2.40. The van der Waals surface area contributed by atoms with Gasteiger partial charge in [-0.3, -0.25) is 10.1 Å². The molecule has 1 aromatic carbocycles. The number of hydrogen-bond donors (Lipinski definition) is 1. The van der Waals surface area contributed by atoms with Gasteiger partial charge in [-0.15, -0.1) is 0 Å². The monoisotopic (exact) mass is 391 g/mol. The summed E-state index contributed by atoms with van der Waals surface area (Å²) < 4.78 is 6.01. The van der Waals surface area contributed by atoms with Gasteiger partial charge in [-0.2, -0.15) is 4.98 Å². The summed E-state index contributed by atoms with van der Waals surface area (Å²) in [5.41, 5.74) is -0.113. The number of pyridine rings is 1. The van der Waals surface area contributed by atoms with Crippen molar-refractivity contribution in [2.75, 3.05) is 12.4 Å². The van der Waals surface area contributed by atoms with Crippen LogP contribution in [0.2, 0.25) is 10.0 Å². The van der Waals surface area contributed by atoms with E-state index < -0.39 is 4.92 Å². The fraction of sp³-hybridized carbons (Fsp3) is 0.0833. The molecule has 1 N–H and O–H groups in total. The highest BCUT2D eigenvalue weighted by Gasteiger charge is 2.14. The van der Waals surface area contributed by atoms with Crippen molar-refractivity contribution in [3.05, 3.63) is 48.9 Å². The fourth-order valence-electron chi connectivity index (χ4n) is 1.52. The molecule has 2 rings (SSSR count). The molecule has 0 saturated carbocycles. The van der Waals surface area contributed by atoms with Crippen LogP contribution < -0.4 is 10.1 Å². The first-order valence-electron chi connectivity index (χ1n) is 5.57. The molecule has 2 aromatic rings. The lowest BCUT2D eigenvalue weighted by Gasteiger charge is -2.10. The lowest BCUT2D eigenvalue weighted by atomic mass is 10.3. The summed E-state index contributed by atoms with van der Waals surface area (Å²) in [6, 6.07) is 5.68. The van der Waals surface area contributed by atoms with Crippen LogP contribution in [-0.2, 0) is 0 Å². The van der Waals surface area contributed by atoms with Crippen LogP contribution in [0.5, 0.6) is 11.6 Å². The Kier molecular flexibility index (Phi) is 4.87. The number of ether oxygens (including phenoxy) is 1. The molecule has 1 aromatic heterocycles. The number of nitro benzene ring substituents is 1. The Morgan fingerprint density at radius 2 is 2.00 bits per heavy atom. The van der Waals surface area contributed by atoms with E-state index in [1.165, 1.54) is 18.2 Å². The molecular weight excluding hydrogens is 385 g/mol. The topological polar surface area (TPSA) is 77.3 Å². The number of rotatable bonds is 4. The largest absolute Gasteiger partial charge is 0.437 e. The van der Waals surface area contributed by atoms with Gasteiger partial charge in [0, 0.05) is 17.6 Å². The minimum absolute atomic E-state index is 0.0952. The SMILES string of the molecule is CNc1nc(Oc2cc(Br)cc([N+](=O)[O-])c2)c(Cl)cc1Cl. The average Bonchev–Trinajstić information content (AvgIpc) is 2.41. The third-order valence-corrected chi connectivity index (χ3v) is 3.43. The molecule has 1 heterocycles. The zero-order chi connectivity index (χ0) is 15.6. The van der Waals surface area contributed by atoms with E-state index in [-0.39, 0.29) is 22.3 Å². The van der Waals surface area contributed by atoms with Gasteiger partial charge >= 0.3 is 0 Å². The van der Waals surface area contributed by atoms with E-state index in [2.05, 4.69) is 26.2 Å². The predicted molar refractivity (Wildman–Crippen MR) is 84.7 cm³/mol. The van der Waals surface area contributed by atoms with Gasteiger partial charge in [-0.25, -0.2) is 0 Å². The third-order valence-electron chi connectivity index (χ3n) is 2.42. The Morgan fingerprint density at radius 3 is 2.62 bits per heavy atom. The minimum atomic E-state index is -0.520. The van der Waals surface area contributed by atoms with Crippen molar-refractivity contribution in [2.45, 2.75) is 0 Å². The molecule has 9 heteroatoms. The zero-order valence-corrected chi connectivity index (χ0v) is 13.7. The second-order valence-electron chi connectivity index (χ2n) is 3.86. The van der Waals surface area contributed by atoms with E-state index in [1.807, 2.05) is 0 Å². The maximum atomic E-state index is 10.8. The van der Waals surface area contributed by atoms with Gasteiger partial charge in [0.05, 0.1) is 16.0 Å². The second-order valence-corrected chi connectivity index (χ2v) is 5.59. The van der Waals surface area contributed by atoms with Gasteiger partial charge in [0.2, 0.25) is 5.88 Å². The van der Waals surface area contributed by atoms with Crippen LogP contribution in [0, 0.1) is 10.1 Å². The van der Waals surface area contributed by atoms with E-state index in [4.69, 9.17) is 27.9 Å². The molecule has 0 amide bonds. The first-order valence-corrected chi connectivity index (χ1v) is 7.12. The van der Waals surface area contributed by atoms with Crippen molar-refractivity contribution in [3.63, 3.8) is 0 Å². The summed E-state index contributed by atoms with van der Waals surface area (Å²) in [7, 11) is 1.65. The molecule has 6 nitrogen and oxygen atoms in total. The molecule has 0 aliphatic carbocycles. The van der Waals surface area contributed by atoms with Crippen LogP contribution in [0.3, 0.4) is 0 Å². The molecule has 0 saturated heterocycles. The average molecular weight is 393 g/mol. The summed E-state index contributed by atoms with van der Waals surface area (Å²) in [5, 5.41) is 14.2. The number of anilines is 1. The highest BCUT2D eigenvalue weighted by Crippen LogP contribution is 2.35. The molecule has 0 aliphatic rings. The van der Waals surface area contributed by atoms with Crippen LogP contribution in [0.25, 0.3) is 0 Å². The maximum absolute atomic E-state index is 10.8. The number of nitro groups is 1. The first kappa shape index (κ1) is 15.8. The van der Waals surface area contributed by atoms with Crippen LogP contribution in [0.1, 0.15) is 0 Å². The molecule has 0 spiro atoms. The Labute approximate surface area is 138 Å². The number of nitrogens with zero attached hydrogens (tertiary/aromatic N) is 2. The molecule has 0 atom stereocenters. The molecule has 21 heavy (non-hydrogen) atoms. The number of nitrogens with one attached hydrogen (secondary N) is 1. The van der Waals surface area contributed by atoms with Crippen LogP contribution in [0.4, 0.5) is 11.5 Å². The second kappa shape index (κ2) is 6.46. The van der Waals surface area contributed by atoms with Crippen molar-refractivity contribution in [3.8, 4) is 11.6 Å². The molecular formula is C12H8BrCl2N3O3. The quantitative estimate of drug-likeness (QED) is 0.591. The summed E-state index contributed by atoms with van der Waals surface area (Å²) >= 11 is 15.1. The van der Waals surface area contributed by atoms with Gasteiger partial charge in [-0.1, -0.05) is 39.1 Å². The smallest absolute Gasteiger partial charge is 0.274 e. The summed E-state index contributed by atoms with van der Waals surface area (Å²) in [6.07, 6.45) is 0. The van der Waals surface area contributed by atoms with Crippen molar-refractivity contribution < 1.29 is 9.66 Å². The Hall–Kier alpha value is -1.57. The third kappa shape index (κ3) is 3.75. The normalized spacial score (nSPS) is 10.3. The van der Waals surface area contributed by atoms with Crippen LogP contribution in [-0.4, -0.2) is 17.0 Å². The number of aromatic nitrogens is 1. The lowest BCUT2D eigenvalue weighted by molar-refractivity contribution is -0.385. The standard InChI is InChI=1S/C12H8BrCl2N3O3/c1-16-11-9(14)5-10(15)12(17-11)21-8-3-6(13)2-7(4-8)18(19)20/h2-5H,1H3,(H,16,17). The van der Waals surface area contributed by atoms with Crippen molar-refractivity contribution in [2.24, 2.45) is 0 Å². The Bertz CT molecular complexity index is 712.